The minimum Gasteiger partial charge on any atom is -0.444 e. The van der Waals surface area contributed by atoms with Crippen LogP contribution < -0.4 is 5.32 Å². The van der Waals surface area contributed by atoms with Crippen LogP contribution in [0.4, 0.5) is 4.79 Å². The molecule has 3 heterocycles. The highest BCUT2D eigenvalue weighted by atomic mass is 79.9. The molecule has 27 heavy (non-hydrogen) atoms. The fourth-order valence-electron chi connectivity index (χ4n) is 2.77. The maximum absolute atomic E-state index is 12.7. The van der Waals surface area contributed by atoms with E-state index in [1.807, 2.05) is 37.6 Å². The lowest BCUT2D eigenvalue weighted by Gasteiger charge is -2.32. The molecular weight excluding hydrogens is 450 g/mol. The number of hydrogen-bond donors (Lipinski definition) is 1. The van der Waals surface area contributed by atoms with Crippen LogP contribution >= 0.6 is 38.6 Å². The molecule has 2 aromatic rings. The second kappa shape index (κ2) is 8.28. The zero-order valence-electron chi connectivity index (χ0n) is 15.5. The Balaban J connectivity index is 1.53. The number of nitrogens with one attached hydrogen (secondary N) is 1. The van der Waals surface area contributed by atoms with Gasteiger partial charge in [-0.1, -0.05) is 0 Å². The van der Waals surface area contributed by atoms with E-state index in [0.29, 0.717) is 31.6 Å². The SMILES string of the molecule is CC(C)(C)OC(=O)NC1CCN(C(=O)c2csc(-c3cc(Br)cs3)n2)CC1. The molecule has 1 fully saturated rings. The molecule has 0 aliphatic carbocycles. The largest absolute Gasteiger partial charge is 0.444 e. The van der Waals surface area contributed by atoms with Crippen LogP contribution in [-0.4, -0.2) is 46.6 Å². The quantitative estimate of drug-likeness (QED) is 0.699. The molecule has 1 aliphatic heterocycles. The fraction of sp³-hybridized carbons (Fsp3) is 0.500. The third-order valence-electron chi connectivity index (χ3n) is 4.00. The van der Waals surface area contributed by atoms with Gasteiger partial charge < -0.3 is 15.0 Å². The molecule has 1 aliphatic rings. The summed E-state index contributed by atoms with van der Waals surface area (Å²) in [6.45, 7) is 6.70. The first kappa shape index (κ1) is 20.3. The van der Waals surface area contributed by atoms with Crippen LogP contribution in [0.1, 0.15) is 44.1 Å². The number of alkyl carbamates (subject to hydrolysis) is 1. The van der Waals surface area contributed by atoms with Crippen molar-refractivity contribution >= 4 is 50.6 Å². The standard InChI is InChI=1S/C18H22BrN3O3S2/c1-18(2,3)25-17(24)20-12-4-6-22(7-5-12)16(23)13-10-27-15(21-13)14-8-11(19)9-26-14/h8-10,12H,4-7H2,1-3H3,(H,20,24). The van der Waals surface area contributed by atoms with Crippen molar-refractivity contribution in [3.63, 3.8) is 0 Å². The summed E-state index contributed by atoms with van der Waals surface area (Å²) in [5.74, 6) is -0.0520. The lowest BCUT2D eigenvalue weighted by atomic mass is 10.1. The summed E-state index contributed by atoms with van der Waals surface area (Å²) in [6, 6.07) is 2.03. The number of aromatic nitrogens is 1. The summed E-state index contributed by atoms with van der Waals surface area (Å²) in [4.78, 5) is 31.9. The first-order chi connectivity index (χ1) is 12.7. The Morgan fingerprint density at radius 3 is 2.56 bits per heavy atom. The van der Waals surface area contributed by atoms with E-state index >= 15 is 0 Å². The predicted molar refractivity (Wildman–Crippen MR) is 111 cm³/mol. The van der Waals surface area contributed by atoms with Gasteiger partial charge in [0.15, 0.2) is 0 Å². The number of amides is 2. The van der Waals surface area contributed by atoms with Crippen molar-refractivity contribution < 1.29 is 14.3 Å². The third-order valence-corrected chi connectivity index (χ3v) is 6.71. The van der Waals surface area contributed by atoms with Crippen molar-refractivity contribution in [3.05, 3.63) is 27.0 Å². The molecule has 0 saturated carbocycles. The van der Waals surface area contributed by atoms with E-state index in [1.165, 1.54) is 11.3 Å². The molecule has 1 N–H and O–H groups in total. The highest BCUT2D eigenvalue weighted by molar-refractivity contribution is 9.10. The summed E-state index contributed by atoms with van der Waals surface area (Å²) >= 11 is 6.52. The highest BCUT2D eigenvalue weighted by Crippen LogP contribution is 2.32. The molecule has 2 aromatic heterocycles. The summed E-state index contributed by atoms with van der Waals surface area (Å²) in [7, 11) is 0. The normalized spacial score (nSPS) is 15.6. The summed E-state index contributed by atoms with van der Waals surface area (Å²) in [6.07, 6.45) is 1.01. The average molecular weight is 472 g/mol. The van der Waals surface area contributed by atoms with Gasteiger partial charge in [-0.25, -0.2) is 9.78 Å². The van der Waals surface area contributed by atoms with Gasteiger partial charge in [0.1, 0.15) is 16.3 Å². The van der Waals surface area contributed by atoms with Crippen LogP contribution in [0.3, 0.4) is 0 Å². The molecule has 9 heteroatoms. The van der Waals surface area contributed by atoms with Gasteiger partial charge >= 0.3 is 6.09 Å². The van der Waals surface area contributed by atoms with Gasteiger partial charge in [0.05, 0.1) is 4.88 Å². The summed E-state index contributed by atoms with van der Waals surface area (Å²) in [5.41, 5.74) is -0.0283. The number of carbonyl (C=O) groups excluding carboxylic acids is 2. The van der Waals surface area contributed by atoms with Crippen LogP contribution in [0, 0.1) is 0 Å². The highest BCUT2D eigenvalue weighted by Gasteiger charge is 2.27. The van der Waals surface area contributed by atoms with Crippen molar-refractivity contribution in [3.8, 4) is 9.88 Å². The number of nitrogens with zero attached hydrogens (tertiary/aromatic N) is 2. The minimum atomic E-state index is -0.513. The van der Waals surface area contributed by atoms with Crippen molar-refractivity contribution in [2.75, 3.05) is 13.1 Å². The number of rotatable bonds is 3. The summed E-state index contributed by atoms with van der Waals surface area (Å²) < 4.78 is 6.31. The van der Waals surface area contributed by atoms with Gasteiger partial charge in [0, 0.05) is 34.4 Å². The van der Waals surface area contributed by atoms with E-state index < -0.39 is 11.7 Å². The van der Waals surface area contributed by atoms with Crippen LogP contribution in [-0.2, 0) is 4.74 Å². The Kier molecular flexibility index (Phi) is 6.22. The molecule has 6 nitrogen and oxygen atoms in total. The van der Waals surface area contributed by atoms with E-state index in [-0.39, 0.29) is 11.9 Å². The number of ether oxygens (including phenoxy) is 1. The monoisotopic (exact) mass is 471 g/mol. The zero-order chi connectivity index (χ0) is 19.6. The lowest BCUT2D eigenvalue weighted by Crippen LogP contribution is -2.47. The van der Waals surface area contributed by atoms with Gasteiger partial charge in [0.2, 0.25) is 0 Å². The molecule has 2 amide bonds. The van der Waals surface area contributed by atoms with Crippen molar-refractivity contribution in [2.24, 2.45) is 0 Å². The molecule has 0 bridgehead atoms. The Morgan fingerprint density at radius 1 is 1.26 bits per heavy atom. The molecule has 1 saturated heterocycles. The Bertz CT molecular complexity index is 820. The van der Waals surface area contributed by atoms with Crippen molar-refractivity contribution in [1.82, 2.24) is 15.2 Å². The molecule has 0 spiro atoms. The number of halogens is 1. The van der Waals surface area contributed by atoms with Gasteiger partial charge in [-0.05, 0) is 55.6 Å². The fourth-order valence-corrected chi connectivity index (χ4v) is 5.07. The second-order valence-electron chi connectivity index (χ2n) is 7.38. The predicted octanol–water partition coefficient (Wildman–Crippen LogP) is 4.76. The number of hydrogen-bond acceptors (Lipinski definition) is 6. The molecule has 0 atom stereocenters. The Labute approximate surface area is 175 Å². The minimum absolute atomic E-state index is 0.0263. The molecular formula is C18H22BrN3O3S2. The first-order valence-electron chi connectivity index (χ1n) is 8.70. The number of thiophene rings is 1. The van der Waals surface area contributed by atoms with Crippen LogP contribution in [0.5, 0.6) is 0 Å². The van der Waals surface area contributed by atoms with Gasteiger partial charge in [0.25, 0.3) is 5.91 Å². The molecule has 0 unspecified atom stereocenters. The second-order valence-corrected chi connectivity index (χ2v) is 10.1. The van der Waals surface area contributed by atoms with Gasteiger partial charge in [-0.15, -0.1) is 22.7 Å². The van der Waals surface area contributed by atoms with E-state index in [0.717, 1.165) is 14.4 Å². The van der Waals surface area contributed by atoms with Crippen LogP contribution in [0.25, 0.3) is 9.88 Å². The third kappa shape index (κ3) is 5.52. The molecule has 3 rings (SSSR count). The molecule has 0 aromatic carbocycles. The molecule has 0 radical (unpaired) electrons. The average Bonchev–Trinajstić information content (AvgIpc) is 3.22. The zero-order valence-corrected chi connectivity index (χ0v) is 18.7. The van der Waals surface area contributed by atoms with Gasteiger partial charge in [-0.2, -0.15) is 0 Å². The Hall–Kier alpha value is -1.45. The van der Waals surface area contributed by atoms with Crippen molar-refractivity contribution in [1.29, 1.82) is 0 Å². The first-order valence-corrected chi connectivity index (χ1v) is 11.3. The number of thiazole rings is 1. The molecule has 146 valence electrons. The maximum Gasteiger partial charge on any atom is 0.407 e. The van der Waals surface area contributed by atoms with Gasteiger partial charge in [-0.3, -0.25) is 4.79 Å². The summed E-state index contributed by atoms with van der Waals surface area (Å²) in [5, 5.41) is 7.56. The van der Waals surface area contributed by atoms with Crippen molar-refractivity contribution in [2.45, 2.75) is 45.3 Å². The van der Waals surface area contributed by atoms with E-state index in [4.69, 9.17) is 4.74 Å². The number of carbonyl (C=O) groups is 2. The van der Waals surface area contributed by atoms with Crippen LogP contribution in [0.15, 0.2) is 21.3 Å². The topological polar surface area (TPSA) is 71.5 Å². The van der Waals surface area contributed by atoms with Crippen LogP contribution in [0.2, 0.25) is 0 Å². The Morgan fingerprint density at radius 2 is 1.96 bits per heavy atom. The maximum atomic E-state index is 12.7. The van der Waals surface area contributed by atoms with E-state index in [1.54, 1.807) is 16.2 Å². The van der Waals surface area contributed by atoms with E-state index in [9.17, 15) is 9.59 Å². The lowest BCUT2D eigenvalue weighted by molar-refractivity contribution is 0.0473. The smallest absolute Gasteiger partial charge is 0.407 e. The van der Waals surface area contributed by atoms with E-state index in [2.05, 4.69) is 26.2 Å². The number of piperidine rings is 1. The number of likely N-dealkylation sites (tertiary alicyclic amines) is 1.